The lowest BCUT2D eigenvalue weighted by molar-refractivity contribution is 0.0781. The SMILES string of the molecule is CCC(CC)C(O)NC. The van der Waals surface area contributed by atoms with Crippen LogP contribution in [0.15, 0.2) is 0 Å². The predicted octanol–water partition coefficient (Wildman–Crippen LogP) is 0.960. The van der Waals surface area contributed by atoms with E-state index in [1.54, 1.807) is 7.05 Å². The van der Waals surface area contributed by atoms with Crippen molar-refractivity contribution in [2.75, 3.05) is 7.05 Å². The lowest BCUT2D eigenvalue weighted by atomic mass is 10.0. The average molecular weight is 131 g/mol. The molecule has 0 radical (unpaired) electrons. The Morgan fingerprint density at radius 1 is 1.33 bits per heavy atom. The smallest absolute Gasteiger partial charge is 0.107 e. The summed E-state index contributed by atoms with van der Waals surface area (Å²) in [4.78, 5) is 0. The summed E-state index contributed by atoms with van der Waals surface area (Å²) < 4.78 is 0. The van der Waals surface area contributed by atoms with Gasteiger partial charge in [0.2, 0.25) is 0 Å². The van der Waals surface area contributed by atoms with Crippen molar-refractivity contribution in [1.82, 2.24) is 5.32 Å². The van der Waals surface area contributed by atoms with Crippen LogP contribution in [0.1, 0.15) is 26.7 Å². The van der Waals surface area contributed by atoms with Gasteiger partial charge in [0.15, 0.2) is 0 Å². The Hall–Kier alpha value is -0.0800. The molecule has 2 N–H and O–H groups in total. The van der Waals surface area contributed by atoms with Crippen LogP contribution in [0, 0.1) is 5.92 Å². The summed E-state index contributed by atoms with van der Waals surface area (Å²) in [6.07, 6.45) is 1.76. The van der Waals surface area contributed by atoms with Gasteiger partial charge >= 0.3 is 0 Å². The second-order valence-corrected chi connectivity index (χ2v) is 2.31. The van der Waals surface area contributed by atoms with E-state index in [9.17, 15) is 5.11 Å². The van der Waals surface area contributed by atoms with E-state index < -0.39 is 0 Å². The minimum atomic E-state index is -0.319. The number of aliphatic hydroxyl groups excluding tert-OH is 1. The molecule has 1 atom stereocenters. The Morgan fingerprint density at radius 2 is 1.78 bits per heavy atom. The lowest BCUT2D eigenvalue weighted by Crippen LogP contribution is -2.32. The molecule has 0 aliphatic carbocycles. The van der Waals surface area contributed by atoms with Crippen molar-refractivity contribution in [3.63, 3.8) is 0 Å². The Kier molecular flexibility index (Phi) is 4.72. The summed E-state index contributed by atoms with van der Waals surface area (Å²) in [7, 11) is 1.78. The topological polar surface area (TPSA) is 32.3 Å². The molecule has 0 aromatic heterocycles. The first-order valence-corrected chi connectivity index (χ1v) is 3.61. The van der Waals surface area contributed by atoms with Crippen LogP contribution in [0.2, 0.25) is 0 Å². The van der Waals surface area contributed by atoms with Gasteiger partial charge in [0.05, 0.1) is 0 Å². The molecule has 0 rings (SSSR count). The quantitative estimate of drug-likeness (QED) is 0.557. The Balaban J connectivity index is 3.50. The molecule has 0 amide bonds. The van der Waals surface area contributed by atoms with Gasteiger partial charge in [-0.1, -0.05) is 13.8 Å². The fraction of sp³-hybridized carbons (Fsp3) is 1.00. The normalized spacial score (nSPS) is 14.3. The molecule has 0 heterocycles. The largest absolute Gasteiger partial charge is 0.378 e. The number of aliphatic hydroxyl groups is 1. The van der Waals surface area contributed by atoms with Gasteiger partial charge in [0.1, 0.15) is 6.23 Å². The van der Waals surface area contributed by atoms with E-state index in [-0.39, 0.29) is 6.23 Å². The maximum Gasteiger partial charge on any atom is 0.107 e. The summed E-state index contributed by atoms with van der Waals surface area (Å²) in [5, 5.41) is 12.0. The molecular weight excluding hydrogens is 114 g/mol. The van der Waals surface area contributed by atoms with Crippen LogP contribution < -0.4 is 5.32 Å². The van der Waals surface area contributed by atoms with Crippen molar-refractivity contribution in [2.45, 2.75) is 32.9 Å². The van der Waals surface area contributed by atoms with Gasteiger partial charge < -0.3 is 5.11 Å². The number of rotatable bonds is 4. The highest BCUT2D eigenvalue weighted by molar-refractivity contribution is 4.60. The molecule has 0 spiro atoms. The predicted molar refractivity (Wildman–Crippen MR) is 39.1 cm³/mol. The van der Waals surface area contributed by atoms with Crippen molar-refractivity contribution >= 4 is 0 Å². The van der Waals surface area contributed by atoms with Crippen molar-refractivity contribution in [3.8, 4) is 0 Å². The highest BCUT2D eigenvalue weighted by Gasteiger charge is 2.11. The zero-order chi connectivity index (χ0) is 7.28. The Bertz CT molecular complexity index is 61.9. The van der Waals surface area contributed by atoms with Gasteiger partial charge in [-0.3, -0.25) is 5.32 Å². The van der Waals surface area contributed by atoms with Crippen LogP contribution >= 0.6 is 0 Å². The maximum absolute atomic E-state index is 9.21. The zero-order valence-electron chi connectivity index (χ0n) is 6.52. The van der Waals surface area contributed by atoms with Crippen molar-refractivity contribution < 1.29 is 5.11 Å². The van der Waals surface area contributed by atoms with E-state index in [0.29, 0.717) is 5.92 Å². The van der Waals surface area contributed by atoms with E-state index in [0.717, 1.165) is 12.8 Å². The highest BCUT2D eigenvalue weighted by Crippen LogP contribution is 2.09. The average Bonchev–Trinajstić information content (AvgIpc) is 1.90. The first-order chi connectivity index (χ1) is 4.26. The van der Waals surface area contributed by atoms with E-state index in [1.807, 2.05) is 0 Å². The van der Waals surface area contributed by atoms with Gasteiger partial charge in [-0.2, -0.15) is 0 Å². The third kappa shape index (κ3) is 2.82. The van der Waals surface area contributed by atoms with E-state index in [2.05, 4.69) is 19.2 Å². The van der Waals surface area contributed by atoms with Crippen LogP contribution in [0.3, 0.4) is 0 Å². The van der Waals surface area contributed by atoms with Crippen molar-refractivity contribution in [3.05, 3.63) is 0 Å². The van der Waals surface area contributed by atoms with E-state index >= 15 is 0 Å². The summed E-state index contributed by atoms with van der Waals surface area (Å²) in [6.45, 7) is 4.18. The molecule has 0 aliphatic heterocycles. The minimum Gasteiger partial charge on any atom is -0.378 e. The summed E-state index contributed by atoms with van der Waals surface area (Å²) >= 11 is 0. The number of hydrogen-bond donors (Lipinski definition) is 2. The van der Waals surface area contributed by atoms with Crippen LogP contribution in [-0.4, -0.2) is 18.4 Å². The second-order valence-electron chi connectivity index (χ2n) is 2.31. The van der Waals surface area contributed by atoms with Gasteiger partial charge in [0.25, 0.3) is 0 Å². The van der Waals surface area contributed by atoms with E-state index in [1.165, 1.54) is 0 Å². The van der Waals surface area contributed by atoms with Crippen molar-refractivity contribution in [1.29, 1.82) is 0 Å². The van der Waals surface area contributed by atoms with Crippen LogP contribution in [0.4, 0.5) is 0 Å². The molecule has 56 valence electrons. The third-order valence-electron chi connectivity index (χ3n) is 1.79. The second kappa shape index (κ2) is 4.77. The van der Waals surface area contributed by atoms with Crippen LogP contribution in [0.25, 0.3) is 0 Å². The van der Waals surface area contributed by atoms with Crippen molar-refractivity contribution in [2.24, 2.45) is 5.92 Å². The van der Waals surface area contributed by atoms with Gasteiger partial charge in [-0.15, -0.1) is 0 Å². The molecule has 0 saturated heterocycles. The van der Waals surface area contributed by atoms with Gasteiger partial charge in [0, 0.05) is 0 Å². The molecule has 0 saturated carbocycles. The molecule has 0 aliphatic rings. The first kappa shape index (κ1) is 8.92. The molecule has 9 heavy (non-hydrogen) atoms. The maximum atomic E-state index is 9.21. The molecule has 2 nitrogen and oxygen atoms in total. The fourth-order valence-corrected chi connectivity index (χ4v) is 0.971. The molecular formula is C7H17NO. The lowest BCUT2D eigenvalue weighted by Gasteiger charge is -2.18. The Labute approximate surface area is 57.3 Å². The molecule has 0 aromatic rings. The fourth-order valence-electron chi connectivity index (χ4n) is 0.971. The molecule has 2 heteroatoms. The minimum absolute atomic E-state index is 0.319. The summed E-state index contributed by atoms with van der Waals surface area (Å²) in [5.41, 5.74) is 0. The molecule has 0 aromatic carbocycles. The molecule has 0 bridgehead atoms. The molecule has 1 unspecified atom stereocenters. The van der Waals surface area contributed by atoms with Crippen LogP contribution in [0.5, 0.6) is 0 Å². The number of hydrogen-bond acceptors (Lipinski definition) is 2. The van der Waals surface area contributed by atoms with Gasteiger partial charge in [-0.25, -0.2) is 0 Å². The third-order valence-corrected chi connectivity index (χ3v) is 1.79. The Morgan fingerprint density at radius 3 is 1.89 bits per heavy atom. The van der Waals surface area contributed by atoms with Gasteiger partial charge in [-0.05, 0) is 25.8 Å². The summed E-state index contributed by atoms with van der Waals surface area (Å²) in [6, 6.07) is 0. The molecule has 0 fully saturated rings. The summed E-state index contributed by atoms with van der Waals surface area (Å²) in [5.74, 6) is 0.412. The zero-order valence-corrected chi connectivity index (χ0v) is 6.52. The monoisotopic (exact) mass is 131 g/mol. The highest BCUT2D eigenvalue weighted by atomic mass is 16.3. The number of nitrogens with one attached hydrogen (secondary N) is 1. The standard InChI is InChI=1S/C7H17NO/c1-4-6(5-2)7(9)8-3/h6-9H,4-5H2,1-3H3. The van der Waals surface area contributed by atoms with E-state index in [4.69, 9.17) is 0 Å². The first-order valence-electron chi connectivity index (χ1n) is 3.61. The van der Waals surface area contributed by atoms with Crippen LogP contribution in [-0.2, 0) is 0 Å².